The normalized spacial score (nSPS) is 34.2. The summed E-state index contributed by atoms with van der Waals surface area (Å²) < 4.78 is 0. The second-order valence-electron chi connectivity index (χ2n) is 3.29. The molecule has 12 heavy (non-hydrogen) atoms. The SMILES string of the molecule is O=C1C=CC(=O)C2CC(=O)C2C1. The Hall–Kier alpha value is -1.25. The van der Waals surface area contributed by atoms with Crippen LogP contribution >= 0.6 is 0 Å². The number of allylic oxidation sites excluding steroid dienone is 2. The summed E-state index contributed by atoms with van der Waals surface area (Å²) in [6.45, 7) is 0. The van der Waals surface area contributed by atoms with Crippen molar-refractivity contribution in [1.29, 1.82) is 0 Å². The van der Waals surface area contributed by atoms with Crippen molar-refractivity contribution in [3.8, 4) is 0 Å². The number of carbonyl (C=O) groups is 3. The van der Waals surface area contributed by atoms with Gasteiger partial charge in [-0.15, -0.1) is 0 Å². The molecule has 0 spiro atoms. The summed E-state index contributed by atoms with van der Waals surface area (Å²) in [6.07, 6.45) is 3.15. The Morgan fingerprint density at radius 2 is 1.75 bits per heavy atom. The van der Waals surface area contributed by atoms with E-state index in [-0.39, 0.29) is 35.6 Å². The fraction of sp³-hybridized carbons (Fsp3) is 0.444. The molecule has 62 valence electrons. The molecule has 2 rings (SSSR count). The highest BCUT2D eigenvalue weighted by atomic mass is 16.1. The van der Waals surface area contributed by atoms with Gasteiger partial charge < -0.3 is 0 Å². The number of hydrogen-bond donors (Lipinski definition) is 0. The Balaban J connectivity index is 2.26. The quantitative estimate of drug-likeness (QED) is 0.517. The van der Waals surface area contributed by atoms with E-state index in [2.05, 4.69) is 0 Å². The second-order valence-corrected chi connectivity index (χ2v) is 3.29. The van der Waals surface area contributed by atoms with Crippen molar-refractivity contribution < 1.29 is 14.4 Å². The molecule has 3 nitrogen and oxygen atoms in total. The van der Waals surface area contributed by atoms with Gasteiger partial charge >= 0.3 is 0 Å². The number of rotatable bonds is 0. The molecule has 2 unspecified atom stereocenters. The number of hydrogen-bond acceptors (Lipinski definition) is 3. The molecule has 0 heterocycles. The van der Waals surface area contributed by atoms with Crippen LogP contribution in [0.1, 0.15) is 12.8 Å². The van der Waals surface area contributed by atoms with Gasteiger partial charge in [-0.1, -0.05) is 0 Å². The molecular formula is C9H8O3. The summed E-state index contributed by atoms with van der Waals surface area (Å²) in [5.41, 5.74) is 0. The standard InChI is InChI=1S/C9H8O3/c10-5-1-2-8(11)7-4-9(12)6(7)3-5/h1-2,6-7H,3-4H2. The van der Waals surface area contributed by atoms with Crippen LogP contribution in [0.15, 0.2) is 12.2 Å². The van der Waals surface area contributed by atoms with Crippen molar-refractivity contribution in [2.24, 2.45) is 11.8 Å². The molecule has 1 saturated carbocycles. The Kier molecular flexibility index (Phi) is 1.46. The minimum Gasteiger partial charge on any atom is -0.299 e. The van der Waals surface area contributed by atoms with E-state index in [9.17, 15) is 14.4 Å². The van der Waals surface area contributed by atoms with Crippen molar-refractivity contribution in [3.63, 3.8) is 0 Å². The van der Waals surface area contributed by atoms with Crippen LogP contribution in [0.4, 0.5) is 0 Å². The van der Waals surface area contributed by atoms with Gasteiger partial charge in [-0.25, -0.2) is 0 Å². The summed E-state index contributed by atoms with van der Waals surface area (Å²) in [7, 11) is 0. The molecule has 1 fully saturated rings. The zero-order valence-corrected chi connectivity index (χ0v) is 6.45. The molecule has 0 aromatic rings. The Labute approximate surface area is 69.4 Å². The average molecular weight is 164 g/mol. The van der Waals surface area contributed by atoms with Crippen LogP contribution < -0.4 is 0 Å². The molecule has 2 aliphatic rings. The van der Waals surface area contributed by atoms with Gasteiger partial charge in [0.1, 0.15) is 5.78 Å². The van der Waals surface area contributed by atoms with E-state index in [1.54, 1.807) is 0 Å². The molecule has 0 aromatic carbocycles. The molecule has 3 heteroatoms. The van der Waals surface area contributed by atoms with E-state index in [4.69, 9.17) is 0 Å². The number of fused-ring (bicyclic) bond motifs is 1. The predicted octanol–water partition coefficient (Wildman–Crippen LogP) is 0.290. The highest BCUT2D eigenvalue weighted by Crippen LogP contribution is 2.35. The van der Waals surface area contributed by atoms with Gasteiger partial charge in [0, 0.05) is 24.7 Å². The highest BCUT2D eigenvalue weighted by Gasteiger charge is 2.44. The third kappa shape index (κ3) is 0.932. The monoisotopic (exact) mass is 164 g/mol. The first kappa shape index (κ1) is 7.40. The van der Waals surface area contributed by atoms with Crippen molar-refractivity contribution in [1.82, 2.24) is 0 Å². The van der Waals surface area contributed by atoms with Crippen molar-refractivity contribution in [2.75, 3.05) is 0 Å². The van der Waals surface area contributed by atoms with Gasteiger partial charge in [0.15, 0.2) is 11.6 Å². The van der Waals surface area contributed by atoms with Gasteiger partial charge in [0.25, 0.3) is 0 Å². The Morgan fingerprint density at radius 1 is 1.00 bits per heavy atom. The van der Waals surface area contributed by atoms with Gasteiger partial charge in [0.2, 0.25) is 0 Å². The molecule has 0 aliphatic heterocycles. The van der Waals surface area contributed by atoms with Crippen LogP contribution in [0.25, 0.3) is 0 Å². The summed E-state index contributed by atoms with van der Waals surface area (Å²) >= 11 is 0. The Morgan fingerprint density at radius 3 is 2.42 bits per heavy atom. The van der Waals surface area contributed by atoms with Gasteiger partial charge in [0.05, 0.1) is 0 Å². The summed E-state index contributed by atoms with van der Waals surface area (Å²) in [5, 5.41) is 0. The van der Waals surface area contributed by atoms with Gasteiger partial charge in [-0.05, 0) is 12.2 Å². The van der Waals surface area contributed by atoms with E-state index in [0.717, 1.165) is 0 Å². The minimum absolute atomic E-state index is 0.0606. The predicted molar refractivity (Wildman–Crippen MR) is 40.4 cm³/mol. The van der Waals surface area contributed by atoms with E-state index >= 15 is 0 Å². The van der Waals surface area contributed by atoms with Crippen molar-refractivity contribution >= 4 is 17.3 Å². The van der Waals surface area contributed by atoms with Gasteiger partial charge in [-0.3, -0.25) is 14.4 Å². The van der Waals surface area contributed by atoms with E-state index in [0.29, 0.717) is 6.42 Å². The van der Waals surface area contributed by atoms with Crippen LogP contribution in [-0.2, 0) is 14.4 Å². The lowest BCUT2D eigenvalue weighted by molar-refractivity contribution is -0.142. The summed E-state index contributed by atoms with van der Waals surface area (Å²) in [4.78, 5) is 33.1. The maximum absolute atomic E-state index is 11.2. The van der Waals surface area contributed by atoms with Crippen molar-refractivity contribution in [3.05, 3.63) is 12.2 Å². The van der Waals surface area contributed by atoms with Crippen LogP contribution in [0, 0.1) is 11.8 Å². The summed E-state index contributed by atoms with van der Waals surface area (Å²) in [5.74, 6) is -0.611. The lowest BCUT2D eigenvalue weighted by atomic mass is 9.69. The Bertz CT molecular complexity index is 301. The molecule has 0 bridgehead atoms. The molecule has 2 atom stereocenters. The highest BCUT2D eigenvalue weighted by molar-refractivity contribution is 6.10. The second kappa shape index (κ2) is 2.37. The summed E-state index contributed by atoms with van der Waals surface area (Å²) in [6, 6.07) is 0. The molecular weight excluding hydrogens is 156 g/mol. The van der Waals surface area contributed by atoms with Crippen LogP contribution in [0.3, 0.4) is 0 Å². The molecule has 0 amide bonds. The van der Waals surface area contributed by atoms with Crippen LogP contribution in [-0.4, -0.2) is 17.3 Å². The van der Waals surface area contributed by atoms with Crippen molar-refractivity contribution in [2.45, 2.75) is 12.8 Å². The molecule has 0 aromatic heterocycles. The van der Waals surface area contributed by atoms with E-state index in [1.165, 1.54) is 12.2 Å². The number of ketones is 3. The smallest absolute Gasteiger partial charge is 0.160 e. The van der Waals surface area contributed by atoms with E-state index in [1.807, 2.05) is 0 Å². The lowest BCUT2D eigenvalue weighted by Gasteiger charge is -2.31. The zero-order valence-electron chi connectivity index (χ0n) is 6.45. The average Bonchev–Trinajstić information content (AvgIpc) is 2.14. The van der Waals surface area contributed by atoms with Crippen LogP contribution in [0.5, 0.6) is 0 Å². The minimum atomic E-state index is -0.306. The topological polar surface area (TPSA) is 51.2 Å². The molecule has 2 aliphatic carbocycles. The first-order chi connectivity index (χ1) is 5.68. The zero-order chi connectivity index (χ0) is 8.72. The molecule has 0 radical (unpaired) electrons. The maximum Gasteiger partial charge on any atom is 0.160 e. The fourth-order valence-electron chi connectivity index (χ4n) is 1.71. The third-order valence-electron chi connectivity index (χ3n) is 2.54. The fourth-order valence-corrected chi connectivity index (χ4v) is 1.71. The first-order valence-electron chi connectivity index (χ1n) is 3.96. The largest absolute Gasteiger partial charge is 0.299 e. The van der Waals surface area contributed by atoms with E-state index < -0.39 is 0 Å². The molecule has 0 N–H and O–H groups in total. The lowest BCUT2D eigenvalue weighted by Crippen LogP contribution is -2.41. The third-order valence-corrected chi connectivity index (χ3v) is 2.54. The first-order valence-corrected chi connectivity index (χ1v) is 3.96. The molecule has 0 saturated heterocycles. The number of carbonyl (C=O) groups excluding carboxylic acids is 3. The maximum atomic E-state index is 11.2. The number of Topliss-reactive ketones (excluding diaryl/α,β-unsaturated/α-hetero) is 1. The van der Waals surface area contributed by atoms with Crippen LogP contribution in [0.2, 0.25) is 0 Å². The van der Waals surface area contributed by atoms with Gasteiger partial charge in [-0.2, -0.15) is 0 Å².